The minimum absolute atomic E-state index is 0.192. The summed E-state index contributed by atoms with van der Waals surface area (Å²) in [5.41, 5.74) is 2.56. The standard InChI is InChI=1S/C18H21BrN8O3/c19-13-9-12(15(28)14(10-13)27(29)30)11-20-24-16-21-17(25-5-1-2-6-25)23-18(22-16)26-7-3-4-8-26/h9-11,28H,1-8H2,(H,21,22,23,24). The summed E-state index contributed by atoms with van der Waals surface area (Å²) in [5, 5.41) is 25.3. The van der Waals surface area contributed by atoms with E-state index in [9.17, 15) is 15.2 Å². The lowest BCUT2D eigenvalue weighted by atomic mass is 10.2. The van der Waals surface area contributed by atoms with Gasteiger partial charge in [0, 0.05) is 42.3 Å². The van der Waals surface area contributed by atoms with Crippen LogP contribution in [0.4, 0.5) is 23.5 Å². The molecule has 0 radical (unpaired) electrons. The van der Waals surface area contributed by atoms with E-state index in [1.54, 1.807) is 0 Å². The summed E-state index contributed by atoms with van der Waals surface area (Å²) in [6.07, 6.45) is 5.71. The predicted octanol–water partition coefficient (Wildman–Crippen LogP) is 2.89. The molecule has 0 saturated carbocycles. The van der Waals surface area contributed by atoms with E-state index < -0.39 is 16.4 Å². The SMILES string of the molecule is O=[N+]([O-])c1cc(Br)cc(C=NNc2nc(N3CCCC3)nc(N3CCCC3)n2)c1O. The molecule has 0 bridgehead atoms. The van der Waals surface area contributed by atoms with Gasteiger partial charge in [0.05, 0.1) is 11.1 Å². The summed E-state index contributed by atoms with van der Waals surface area (Å²) < 4.78 is 0.459. The van der Waals surface area contributed by atoms with Gasteiger partial charge in [0.2, 0.25) is 23.6 Å². The first kappa shape index (κ1) is 20.3. The van der Waals surface area contributed by atoms with E-state index in [-0.39, 0.29) is 11.5 Å². The maximum Gasteiger partial charge on any atom is 0.312 e. The Hall–Kier alpha value is -3.02. The van der Waals surface area contributed by atoms with Crippen molar-refractivity contribution < 1.29 is 10.0 Å². The third kappa shape index (κ3) is 4.42. The van der Waals surface area contributed by atoms with Gasteiger partial charge in [-0.1, -0.05) is 15.9 Å². The second-order valence-electron chi connectivity index (χ2n) is 7.14. The molecule has 30 heavy (non-hydrogen) atoms. The molecule has 2 aliphatic rings. The van der Waals surface area contributed by atoms with Crippen LogP contribution >= 0.6 is 15.9 Å². The maximum absolute atomic E-state index is 11.1. The number of rotatable bonds is 6. The molecule has 11 nitrogen and oxygen atoms in total. The van der Waals surface area contributed by atoms with Gasteiger partial charge in [-0.25, -0.2) is 5.43 Å². The highest BCUT2D eigenvalue weighted by Crippen LogP contribution is 2.32. The van der Waals surface area contributed by atoms with Crippen molar-refractivity contribution in [2.75, 3.05) is 41.4 Å². The average Bonchev–Trinajstić information content (AvgIpc) is 3.44. The number of aromatic hydroxyl groups is 1. The third-order valence-electron chi connectivity index (χ3n) is 5.04. The number of hydrogen-bond acceptors (Lipinski definition) is 10. The summed E-state index contributed by atoms with van der Waals surface area (Å²) in [6.45, 7) is 3.62. The molecule has 3 heterocycles. The third-order valence-corrected chi connectivity index (χ3v) is 5.50. The maximum atomic E-state index is 11.1. The molecule has 0 amide bonds. The average molecular weight is 477 g/mol. The lowest BCUT2D eigenvalue weighted by Gasteiger charge is -2.20. The lowest BCUT2D eigenvalue weighted by molar-refractivity contribution is -0.385. The fourth-order valence-corrected chi connectivity index (χ4v) is 3.99. The van der Waals surface area contributed by atoms with E-state index in [1.807, 2.05) is 0 Å². The second kappa shape index (κ2) is 8.78. The number of nitro benzene ring substituents is 1. The molecule has 0 unspecified atom stereocenters. The summed E-state index contributed by atoms with van der Waals surface area (Å²) in [6, 6.07) is 2.77. The first-order chi connectivity index (χ1) is 14.5. The summed E-state index contributed by atoms with van der Waals surface area (Å²) in [7, 11) is 0. The molecule has 2 aliphatic heterocycles. The van der Waals surface area contributed by atoms with Crippen LogP contribution in [0.25, 0.3) is 0 Å². The Bertz CT molecular complexity index is 940. The molecule has 0 spiro atoms. The van der Waals surface area contributed by atoms with Crippen LogP contribution < -0.4 is 15.2 Å². The van der Waals surface area contributed by atoms with E-state index in [4.69, 9.17) is 0 Å². The normalized spacial score (nSPS) is 16.6. The quantitative estimate of drug-likeness (QED) is 0.366. The van der Waals surface area contributed by atoms with Crippen LogP contribution in [0.5, 0.6) is 5.75 Å². The van der Waals surface area contributed by atoms with Crippen molar-refractivity contribution in [3.63, 3.8) is 0 Å². The molecule has 2 saturated heterocycles. The topological polar surface area (TPSA) is 133 Å². The molecule has 1 aromatic heterocycles. The molecule has 0 aliphatic carbocycles. The number of hydrazone groups is 1. The molecular weight excluding hydrogens is 456 g/mol. The van der Waals surface area contributed by atoms with Gasteiger partial charge < -0.3 is 14.9 Å². The van der Waals surface area contributed by atoms with Crippen molar-refractivity contribution in [1.82, 2.24) is 15.0 Å². The first-order valence-corrected chi connectivity index (χ1v) is 10.5. The molecule has 1 aromatic carbocycles. The Morgan fingerprint density at radius 3 is 2.17 bits per heavy atom. The minimum atomic E-state index is -0.651. The largest absolute Gasteiger partial charge is 0.502 e. The number of hydrogen-bond donors (Lipinski definition) is 2. The van der Waals surface area contributed by atoms with Crippen LogP contribution in [0.2, 0.25) is 0 Å². The van der Waals surface area contributed by atoms with E-state index in [1.165, 1.54) is 18.3 Å². The van der Waals surface area contributed by atoms with Gasteiger partial charge in [0.15, 0.2) is 0 Å². The van der Waals surface area contributed by atoms with Crippen LogP contribution in [-0.4, -0.2) is 57.4 Å². The fourth-order valence-electron chi connectivity index (χ4n) is 3.52. The monoisotopic (exact) mass is 476 g/mol. The van der Waals surface area contributed by atoms with Gasteiger partial charge in [-0.2, -0.15) is 20.1 Å². The highest BCUT2D eigenvalue weighted by molar-refractivity contribution is 9.10. The number of nitrogens with zero attached hydrogens (tertiary/aromatic N) is 7. The minimum Gasteiger partial charge on any atom is -0.502 e. The number of anilines is 3. The number of nitrogens with one attached hydrogen (secondary N) is 1. The second-order valence-corrected chi connectivity index (χ2v) is 8.05. The van der Waals surface area contributed by atoms with Gasteiger partial charge >= 0.3 is 5.69 Å². The zero-order valence-corrected chi connectivity index (χ0v) is 17.7. The van der Waals surface area contributed by atoms with Gasteiger partial charge in [-0.15, -0.1) is 0 Å². The van der Waals surface area contributed by atoms with Crippen molar-refractivity contribution in [1.29, 1.82) is 0 Å². The molecular formula is C18H21BrN8O3. The number of phenolic OH excluding ortho intramolecular Hbond substituents is 1. The highest BCUT2D eigenvalue weighted by Gasteiger charge is 2.22. The van der Waals surface area contributed by atoms with Crippen molar-refractivity contribution in [2.45, 2.75) is 25.7 Å². The van der Waals surface area contributed by atoms with E-state index >= 15 is 0 Å². The number of phenols is 1. The zero-order valence-electron chi connectivity index (χ0n) is 16.2. The summed E-state index contributed by atoms with van der Waals surface area (Å²) in [5.74, 6) is 1.06. The van der Waals surface area contributed by atoms with Crippen LogP contribution in [0, 0.1) is 10.1 Å². The van der Waals surface area contributed by atoms with E-state index in [2.05, 4.69) is 51.2 Å². The van der Waals surface area contributed by atoms with Crippen molar-refractivity contribution in [3.8, 4) is 5.75 Å². The number of aromatic nitrogens is 3. The Morgan fingerprint density at radius 1 is 1.07 bits per heavy atom. The molecule has 158 valence electrons. The lowest BCUT2D eigenvalue weighted by Crippen LogP contribution is -2.25. The number of halogens is 1. The van der Waals surface area contributed by atoms with Crippen LogP contribution in [0.1, 0.15) is 31.2 Å². The molecule has 4 rings (SSSR count). The van der Waals surface area contributed by atoms with E-state index in [0.717, 1.165) is 51.9 Å². The highest BCUT2D eigenvalue weighted by atomic mass is 79.9. The predicted molar refractivity (Wildman–Crippen MR) is 116 cm³/mol. The summed E-state index contributed by atoms with van der Waals surface area (Å²) in [4.78, 5) is 28.3. The van der Waals surface area contributed by atoms with Gasteiger partial charge in [-0.3, -0.25) is 10.1 Å². The van der Waals surface area contributed by atoms with Gasteiger partial charge in [-0.05, 0) is 31.7 Å². The van der Waals surface area contributed by atoms with E-state index in [0.29, 0.717) is 16.4 Å². The fraction of sp³-hybridized carbons (Fsp3) is 0.444. The van der Waals surface area contributed by atoms with Crippen molar-refractivity contribution in [3.05, 3.63) is 32.3 Å². The number of benzene rings is 1. The van der Waals surface area contributed by atoms with Gasteiger partial charge in [0.1, 0.15) is 0 Å². The molecule has 2 aromatic rings. The molecule has 12 heteroatoms. The summed E-state index contributed by atoms with van der Waals surface area (Å²) >= 11 is 3.21. The molecule has 2 fully saturated rings. The van der Waals surface area contributed by atoms with Crippen molar-refractivity contribution >= 4 is 45.7 Å². The van der Waals surface area contributed by atoms with Gasteiger partial charge in [0.25, 0.3) is 0 Å². The molecule has 0 atom stereocenters. The van der Waals surface area contributed by atoms with Crippen LogP contribution in [-0.2, 0) is 0 Å². The Balaban J connectivity index is 1.59. The van der Waals surface area contributed by atoms with Crippen LogP contribution in [0.15, 0.2) is 21.7 Å². The smallest absolute Gasteiger partial charge is 0.312 e. The van der Waals surface area contributed by atoms with Crippen molar-refractivity contribution in [2.24, 2.45) is 5.10 Å². The first-order valence-electron chi connectivity index (χ1n) is 9.73. The van der Waals surface area contributed by atoms with Crippen LogP contribution in [0.3, 0.4) is 0 Å². The zero-order chi connectivity index (χ0) is 21.1. The Morgan fingerprint density at radius 2 is 1.63 bits per heavy atom. The Kier molecular flexibility index (Phi) is 5.93. The molecule has 2 N–H and O–H groups in total. The Labute approximate surface area is 181 Å². The number of nitro groups is 1.